The highest BCUT2D eigenvalue weighted by Crippen LogP contribution is 2.24. The van der Waals surface area contributed by atoms with Crippen molar-refractivity contribution in [3.05, 3.63) is 12.2 Å². The molecule has 2 unspecified atom stereocenters. The minimum Gasteiger partial charge on any atom is -0.444 e. The summed E-state index contributed by atoms with van der Waals surface area (Å²) in [4.78, 5) is 13.9. The molecule has 0 aromatic heterocycles. The number of ether oxygens (including phenoxy) is 1. The van der Waals surface area contributed by atoms with E-state index in [1.165, 1.54) is 5.57 Å². The van der Waals surface area contributed by atoms with E-state index < -0.39 is 5.60 Å². The Bertz CT molecular complexity index is 347. The second kappa shape index (κ2) is 7.11. The fraction of sp³-hybridized carbons (Fsp3) is 0.812. The van der Waals surface area contributed by atoms with Crippen molar-refractivity contribution in [3.8, 4) is 0 Å². The third-order valence-corrected chi connectivity index (χ3v) is 3.70. The number of nitrogens with one attached hydrogen (secondary N) is 1. The van der Waals surface area contributed by atoms with Crippen LogP contribution >= 0.6 is 0 Å². The number of nitrogens with zero attached hydrogens (tertiary/aromatic N) is 1. The second-order valence-electron chi connectivity index (χ2n) is 6.87. The maximum atomic E-state index is 12.1. The van der Waals surface area contributed by atoms with Crippen LogP contribution in [0.4, 0.5) is 4.79 Å². The first-order valence-corrected chi connectivity index (χ1v) is 7.52. The molecule has 1 amide bonds. The van der Waals surface area contributed by atoms with Gasteiger partial charge in [-0.15, -0.1) is 6.58 Å². The quantitative estimate of drug-likeness (QED) is 0.787. The van der Waals surface area contributed by atoms with Crippen LogP contribution < -0.4 is 5.32 Å². The van der Waals surface area contributed by atoms with Gasteiger partial charge in [-0.25, -0.2) is 4.79 Å². The van der Waals surface area contributed by atoms with Crippen molar-refractivity contribution < 1.29 is 9.53 Å². The fourth-order valence-electron chi connectivity index (χ4n) is 2.63. The first kappa shape index (κ1) is 17.0. The molecule has 0 aromatic carbocycles. The number of carbonyl (C=O) groups excluding carboxylic acids is 1. The first-order valence-electron chi connectivity index (χ1n) is 7.52. The van der Waals surface area contributed by atoms with E-state index in [-0.39, 0.29) is 6.09 Å². The molecular weight excluding hydrogens is 252 g/mol. The van der Waals surface area contributed by atoms with E-state index in [2.05, 4.69) is 18.8 Å². The van der Waals surface area contributed by atoms with Gasteiger partial charge in [-0.1, -0.05) is 5.57 Å². The van der Waals surface area contributed by atoms with E-state index in [4.69, 9.17) is 4.74 Å². The van der Waals surface area contributed by atoms with Gasteiger partial charge in [-0.2, -0.15) is 0 Å². The molecule has 0 bridgehead atoms. The number of hydrogen-bond donors (Lipinski definition) is 1. The summed E-state index contributed by atoms with van der Waals surface area (Å²) in [6, 6.07) is 0.444. The lowest BCUT2D eigenvalue weighted by molar-refractivity contribution is 0.0285. The third-order valence-electron chi connectivity index (χ3n) is 3.70. The van der Waals surface area contributed by atoms with Gasteiger partial charge in [-0.3, -0.25) is 0 Å². The molecule has 2 atom stereocenters. The van der Waals surface area contributed by atoms with Crippen molar-refractivity contribution in [2.24, 2.45) is 5.92 Å². The Morgan fingerprint density at radius 1 is 1.50 bits per heavy atom. The summed E-state index contributed by atoms with van der Waals surface area (Å²) in [6.45, 7) is 13.3. The van der Waals surface area contributed by atoms with Crippen LogP contribution in [-0.4, -0.2) is 42.8 Å². The average molecular weight is 282 g/mol. The molecule has 0 radical (unpaired) electrons. The van der Waals surface area contributed by atoms with E-state index >= 15 is 0 Å². The molecule has 0 spiro atoms. The molecule has 0 aromatic rings. The SMILES string of the molecule is C=C(C)CCC(NC)C1CCN(C(=O)OC(C)(C)C)C1. The number of likely N-dealkylation sites (tertiary alicyclic amines) is 1. The Hall–Kier alpha value is -1.03. The van der Waals surface area contributed by atoms with Gasteiger partial charge in [-0.05, 0) is 59.9 Å². The van der Waals surface area contributed by atoms with Gasteiger partial charge in [0.1, 0.15) is 5.60 Å². The predicted molar refractivity (Wildman–Crippen MR) is 82.8 cm³/mol. The second-order valence-corrected chi connectivity index (χ2v) is 6.87. The number of rotatable bonds is 5. The highest BCUT2D eigenvalue weighted by molar-refractivity contribution is 5.68. The largest absolute Gasteiger partial charge is 0.444 e. The molecule has 1 fully saturated rings. The molecule has 1 saturated heterocycles. The summed E-state index contributed by atoms with van der Waals surface area (Å²) >= 11 is 0. The summed E-state index contributed by atoms with van der Waals surface area (Å²) in [5.74, 6) is 0.506. The fourth-order valence-corrected chi connectivity index (χ4v) is 2.63. The zero-order valence-corrected chi connectivity index (χ0v) is 13.7. The predicted octanol–water partition coefficient (Wildman–Crippen LogP) is 3.19. The molecular formula is C16H30N2O2. The van der Waals surface area contributed by atoms with Crippen LogP contribution in [0.25, 0.3) is 0 Å². The first-order chi connectivity index (χ1) is 9.23. The third kappa shape index (κ3) is 5.53. The molecule has 116 valence electrons. The van der Waals surface area contributed by atoms with E-state index in [0.29, 0.717) is 12.0 Å². The molecule has 4 nitrogen and oxygen atoms in total. The van der Waals surface area contributed by atoms with Crippen molar-refractivity contribution in [1.82, 2.24) is 10.2 Å². The minimum absolute atomic E-state index is 0.185. The zero-order valence-electron chi connectivity index (χ0n) is 13.7. The van der Waals surface area contributed by atoms with Gasteiger partial charge < -0.3 is 15.0 Å². The molecule has 0 aliphatic carbocycles. The van der Waals surface area contributed by atoms with Gasteiger partial charge in [0, 0.05) is 19.1 Å². The van der Waals surface area contributed by atoms with Crippen molar-refractivity contribution in [2.75, 3.05) is 20.1 Å². The van der Waals surface area contributed by atoms with Gasteiger partial charge in [0.25, 0.3) is 0 Å². The summed E-state index contributed by atoms with van der Waals surface area (Å²) in [7, 11) is 2.00. The van der Waals surface area contributed by atoms with Crippen molar-refractivity contribution in [2.45, 2.75) is 58.6 Å². The number of carbonyl (C=O) groups is 1. The lowest BCUT2D eigenvalue weighted by atomic mass is 9.94. The Labute approximate surface area is 123 Å². The van der Waals surface area contributed by atoms with Crippen LogP contribution in [0.1, 0.15) is 47.0 Å². The summed E-state index contributed by atoms with van der Waals surface area (Å²) in [6.07, 6.45) is 2.98. The van der Waals surface area contributed by atoms with Crippen LogP contribution in [0.3, 0.4) is 0 Å². The average Bonchev–Trinajstić information content (AvgIpc) is 2.76. The standard InChI is InChI=1S/C16H30N2O2/c1-12(2)7-8-14(17-6)13-9-10-18(11-13)15(19)20-16(3,4)5/h13-14,17H,1,7-11H2,2-6H3. The molecule has 20 heavy (non-hydrogen) atoms. The Kier molecular flexibility index (Phi) is 6.06. The molecule has 1 heterocycles. The Balaban J connectivity index is 2.48. The van der Waals surface area contributed by atoms with Crippen LogP contribution in [-0.2, 0) is 4.74 Å². The van der Waals surface area contributed by atoms with Crippen LogP contribution in [0, 0.1) is 5.92 Å². The van der Waals surface area contributed by atoms with E-state index in [1.807, 2.05) is 32.7 Å². The van der Waals surface area contributed by atoms with E-state index in [1.54, 1.807) is 0 Å². The van der Waals surface area contributed by atoms with Crippen molar-refractivity contribution >= 4 is 6.09 Å². The maximum Gasteiger partial charge on any atom is 0.410 e. The smallest absolute Gasteiger partial charge is 0.410 e. The molecule has 1 aliphatic rings. The molecule has 0 saturated carbocycles. The monoisotopic (exact) mass is 282 g/mol. The van der Waals surface area contributed by atoms with E-state index in [9.17, 15) is 4.79 Å². The molecule has 4 heteroatoms. The Morgan fingerprint density at radius 3 is 2.65 bits per heavy atom. The lowest BCUT2D eigenvalue weighted by Crippen LogP contribution is -2.38. The molecule has 1 N–H and O–H groups in total. The van der Waals surface area contributed by atoms with Crippen LogP contribution in [0.5, 0.6) is 0 Å². The van der Waals surface area contributed by atoms with Gasteiger partial charge in [0.2, 0.25) is 0 Å². The summed E-state index contributed by atoms with van der Waals surface area (Å²) in [5, 5.41) is 3.39. The summed E-state index contributed by atoms with van der Waals surface area (Å²) in [5.41, 5.74) is 0.796. The Morgan fingerprint density at radius 2 is 2.15 bits per heavy atom. The normalized spacial score (nSPS) is 20.9. The maximum absolute atomic E-state index is 12.1. The zero-order chi connectivity index (χ0) is 15.3. The van der Waals surface area contributed by atoms with Crippen LogP contribution in [0.15, 0.2) is 12.2 Å². The molecule has 1 rings (SSSR count). The minimum atomic E-state index is -0.419. The number of allylic oxidation sites excluding steroid dienone is 1. The van der Waals surface area contributed by atoms with Crippen LogP contribution in [0.2, 0.25) is 0 Å². The van der Waals surface area contributed by atoms with Gasteiger partial charge in [0.05, 0.1) is 0 Å². The van der Waals surface area contributed by atoms with Crippen molar-refractivity contribution in [1.29, 1.82) is 0 Å². The van der Waals surface area contributed by atoms with Gasteiger partial charge >= 0.3 is 6.09 Å². The van der Waals surface area contributed by atoms with Crippen molar-refractivity contribution in [3.63, 3.8) is 0 Å². The summed E-state index contributed by atoms with van der Waals surface area (Å²) < 4.78 is 5.43. The lowest BCUT2D eigenvalue weighted by Gasteiger charge is -2.26. The topological polar surface area (TPSA) is 41.6 Å². The van der Waals surface area contributed by atoms with E-state index in [0.717, 1.165) is 32.4 Å². The highest BCUT2D eigenvalue weighted by Gasteiger charge is 2.33. The molecule has 1 aliphatic heterocycles. The van der Waals surface area contributed by atoms with Gasteiger partial charge in [0.15, 0.2) is 0 Å². The number of amides is 1. The number of hydrogen-bond acceptors (Lipinski definition) is 3. The highest BCUT2D eigenvalue weighted by atomic mass is 16.6.